The van der Waals surface area contributed by atoms with Crippen LogP contribution in [0.4, 0.5) is 26.0 Å². The monoisotopic (exact) mass is 456 g/mol. The van der Waals surface area contributed by atoms with Gasteiger partial charge in [0.25, 0.3) is 5.91 Å². The summed E-state index contributed by atoms with van der Waals surface area (Å²) in [6, 6.07) is 0. The van der Waals surface area contributed by atoms with Crippen molar-refractivity contribution in [3.63, 3.8) is 0 Å². The van der Waals surface area contributed by atoms with E-state index in [4.69, 9.17) is 5.73 Å². The highest BCUT2D eigenvalue weighted by atomic mass is 32.1. The fraction of sp³-hybridized carbons (Fsp3) is 0.250. The van der Waals surface area contributed by atoms with Crippen molar-refractivity contribution in [3.05, 3.63) is 58.6 Å². The summed E-state index contributed by atoms with van der Waals surface area (Å²) in [5.74, 6) is -1.58. The average molecular weight is 456 g/mol. The molecule has 1 fully saturated rings. The number of nitrogen functional groups attached to an aromatic ring is 1. The molecule has 0 atom stereocenters. The van der Waals surface area contributed by atoms with Gasteiger partial charge < -0.3 is 16.0 Å². The molecule has 0 aromatic carbocycles. The number of pyridine rings is 1. The zero-order valence-corrected chi connectivity index (χ0v) is 17.5. The highest BCUT2D eigenvalue weighted by Crippen LogP contribution is 2.36. The Labute approximate surface area is 184 Å². The fourth-order valence-electron chi connectivity index (χ4n) is 3.96. The van der Waals surface area contributed by atoms with Crippen molar-refractivity contribution in [2.75, 3.05) is 29.0 Å². The van der Waals surface area contributed by atoms with Crippen molar-refractivity contribution in [2.45, 2.75) is 18.8 Å². The zero-order chi connectivity index (χ0) is 22.2. The number of nitrogens with zero attached hydrogens (tertiary/aromatic N) is 6. The molecule has 9 nitrogen and oxygen atoms in total. The minimum absolute atomic E-state index is 0.0253. The lowest BCUT2D eigenvalue weighted by Gasteiger charge is -2.34. The van der Waals surface area contributed by atoms with E-state index in [1.54, 1.807) is 17.5 Å². The van der Waals surface area contributed by atoms with Crippen LogP contribution in [0.2, 0.25) is 0 Å². The van der Waals surface area contributed by atoms with Gasteiger partial charge in [0.15, 0.2) is 23.1 Å². The molecular weight excluding hydrogens is 438 g/mol. The SMILES string of the molecule is Nc1nn2cc(F)cnc2c1C(=O)Nc1cncc(F)c1N1CCC(c2nccs2)CC1. The second-order valence-electron chi connectivity index (χ2n) is 7.40. The van der Waals surface area contributed by atoms with Crippen molar-refractivity contribution in [2.24, 2.45) is 0 Å². The maximum absolute atomic E-state index is 14.8. The summed E-state index contributed by atoms with van der Waals surface area (Å²) in [6.07, 6.45) is 7.96. The number of carbonyl (C=O) groups is 1. The van der Waals surface area contributed by atoms with Gasteiger partial charge in [0.1, 0.15) is 11.3 Å². The first kappa shape index (κ1) is 20.2. The van der Waals surface area contributed by atoms with Gasteiger partial charge in [0.2, 0.25) is 0 Å². The molecular formula is C20H18F2N8OS. The van der Waals surface area contributed by atoms with Crippen LogP contribution >= 0.6 is 11.3 Å². The predicted octanol–water partition coefficient (Wildman–Crippen LogP) is 3.08. The van der Waals surface area contributed by atoms with E-state index in [0.717, 1.165) is 41.0 Å². The van der Waals surface area contributed by atoms with Crippen molar-refractivity contribution in [1.82, 2.24) is 24.6 Å². The number of halogens is 2. The second kappa shape index (κ2) is 8.11. The summed E-state index contributed by atoms with van der Waals surface area (Å²) in [4.78, 5) is 27.1. The molecule has 12 heteroatoms. The van der Waals surface area contributed by atoms with Crippen LogP contribution in [0.15, 0.2) is 36.4 Å². The van der Waals surface area contributed by atoms with E-state index >= 15 is 0 Å². The molecule has 1 aliphatic rings. The summed E-state index contributed by atoms with van der Waals surface area (Å²) in [6.45, 7) is 1.21. The number of aromatic nitrogens is 5. The van der Waals surface area contributed by atoms with E-state index < -0.39 is 17.5 Å². The highest BCUT2D eigenvalue weighted by molar-refractivity contribution is 7.09. The fourth-order valence-corrected chi connectivity index (χ4v) is 4.77. The molecule has 1 saturated heterocycles. The number of thiazole rings is 1. The van der Waals surface area contributed by atoms with E-state index in [1.165, 1.54) is 6.20 Å². The normalized spacial score (nSPS) is 14.8. The largest absolute Gasteiger partial charge is 0.381 e. The number of fused-ring (bicyclic) bond motifs is 1. The first-order valence-electron chi connectivity index (χ1n) is 9.90. The topological polar surface area (TPSA) is 114 Å². The molecule has 1 amide bonds. The Morgan fingerprint density at radius 3 is 2.75 bits per heavy atom. The smallest absolute Gasteiger partial charge is 0.263 e. The zero-order valence-electron chi connectivity index (χ0n) is 16.7. The molecule has 0 aliphatic carbocycles. The van der Waals surface area contributed by atoms with Crippen molar-refractivity contribution in [1.29, 1.82) is 0 Å². The Morgan fingerprint density at radius 1 is 1.19 bits per heavy atom. The maximum atomic E-state index is 14.8. The summed E-state index contributed by atoms with van der Waals surface area (Å²) in [7, 11) is 0. The van der Waals surface area contributed by atoms with E-state index in [9.17, 15) is 13.6 Å². The molecule has 0 saturated carbocycles. The Balaban J connectivity index is 1.41. The summed E-state index contributed by atoms with van der Waals surface area (Å²) in [5.41, 5.74) is 6.41. The number of hydrogen-bond donors (Lipinski definition) is 2. The average Bonchev–Trinajstić information content (AvgIpc) is 3.41. The number of anilines is 3. The van der Waals surface area contributed by atoms with Crippen LogP contribution in [-0.4, -0.2) is 43.6 Å². The van der Waals surface area contributed by atoms with Crippen LogP contribution in [-0.2, 0) is 0 Å². The van der Waals surface area contributed by atoms with Crippen molar-refractivity contribution >= 4 is 40.1 Å². The number of rotatable bonds is 4. The van der Waals surface area contributed by atoms with Gasteiger partial charge in [-0.1, -0.05) is 0 Å². The minimum Gasteiger partial charge on any atom is -0.381 e. The Hall–Kier alpha value is -3.67. The third-order valence-electron chi connectivity index (χ3n) is 5.43. The van der Waals surface area contributed by atoms with Crippen LogP contribution in [0, 0.1) is 11.6 Å². The van der Waals surface area contributed by atoms with Crippen molar-refractivity contribution < 1.29 is 13.6 Å². The molecule has 4 aromatic heterocycles. The standard InChI is InChI=1S/C20H18F2N8OS/c21-12-7-26-18-15(17(23)28-30(18)10-12)19(31)27-14-9-24-8-13(22)16(14)29-4-1-11(2-5-29)20-25-3-6-32-20/h3,6-11H,1-2,4-5H2,(H2,23,28)(H,27,31). The van der Waals surface area contributed by atoms with Gasteiger partial charge in [-0.3, -0.25) is 9.78 Å². The van der Waals surface area contributed by atoms with Crippen LogP contribution < -0.4 is 16.0 Å². The summed E-state index contributed by atoms with van der Waals surface area (Å²) in [5, 5.41) is 9.64. The van der Waals surface area contributed by atoms with E-state index in [-0.39, 0.29) is 28.4 Å². The molecule has 5 rings (SSSR count). The lowest BCUT2D eigenvalue weighted by Crippen LogP contribution is -2.34. The van der Waals surface area contributed by atoms with Gasteiger partial charge in [0, 0.05) is 30.6 Å². The van der Waals surface area contributed by atoms with E-state index in [1.807, 2.05) is 10.3 Å². The van der Waals surface area contributed by atoms with Crippen molar-refractivity contribution in [3.8, 4) is 0 Å². The first-order chi connectivity index (χ1) is 15.5. The molecule has 0 radical (unpaired) electrons. The molecule has 5 heterocycles. The van der Waals surface area contributed by atoms with Crippen LogP contribution in [0.1, 0.15) is 34.1 Å². The van der Waals surface area contributed by atoms with Gasteiger partial charge in [-0.05, 0) is 12.8 Å². The maximum Gasteiger partial charge on any atom is 0.263 e. The molecule has 4 aromatic rings. The van der Waals surface area contributed by atoms with Crippen LogP contribution in [0.5, 0.6) is 0 Å². The molecule has 164 valence electrons. The van der Waals surface area contributed by atoms with Crippen LogP contribution in [0.3, 0.4) is 0 Å². The van der Waals surface area contributed by atoms with Gasteiger partial charge in [0.05, 0.1) is 35.5 Å². The molecule has 0 bridgehead atoms. The third kappa shape index (κ3) is 3.62. The summed E-state index contributed by atoms with van der Waals surface area (Å²) >= 11 is 1.62. The Kier molecular flexibility index (Phi) is 5.13. The van der Waals surface area contributed by atoms with E-state index in [0.29, 0.717) is 19.0 Å². The van der Waals surface area contributed by atoms with Gasteiger partial charge >= 0.3 is 0 Å². The Bertz CT molecular complexity index is 1280. The molecule has 1 aliphatic heterocycles. The Morgan fingerprint density at radius 2 is 2.00 bits per heavy atom. The van der Waals surface area contributed by atoms with Gasteiger partial charge in [-0.25, -0.2) is 23.3 Å². The molecule has 3 N–H and O–H groups in total. The number of carbonyl (C=O) groups excluding carboxylic acids is 1. The predicted molar refractivity (Wildman–Crippen MR) is 116 cm³/mol. The summed E-state index contributed by atoms with van der Waals surface area (Å²) < 4.78 is 29.3. The lowest BCUT2D eigenvalue weighted by molar-refractivity contribution is 0.102. The van der Waals surface area contributed by atoms with Crippen LogP contribution in [0.25, 0.3) is 5.65 Å². The minimum atomic E-state index is -0.636. The van der Waals surface area contributed by atoms with E-state index in [2.05, 4.69) is 25.4 Å². The second-order valence-corrected chi connectivity index (χ2v) is 8.33. The molecule has 0 spiro atoms. The number of amides is 1. The number of nitrogens with one attached hydrogen (secondary N) is 1. The number of hydrogen-bond acceptors (Lipinski definition) is 8. The number of nitrogens with two attached hydrogens (primary N) is 1. The lowest BCUT2D eigenvalue weighted by atomic mass is 9.97. The van der Waals surface area contributed by atoms with Gasteiger partial charge in [-0.2, -0.15) is 0 Å². The third-order valence-corrected chi connectivity index (χ3v) is 6.37. The van der Waals surface area contributed by atoms with Gasteiger partial charge in [-0.15, -0.1) is 16.4 Å². The highest BCUT2D eigenvalue weighted by Gasteiger charge is 2.27. The molecule has 32 heavy (non-hydrogen) atoms. The quantitative estimate of drug-likeness (QED) is 0.485. The first-order valence-corrected chi connectivity index (χ1v) is 10.8. The number of piperidine rings is 1. The molecule has 0 unspecified atom stereocenters.